The fraction of sp³-hybridized carbons (Fsp3) is 0.348. The third kappa shape index (κ3) is 3.62. The second-order valence-electron chi connectivity index (χ2n) is 7.44. The topological polar surface area (TPSA) is 49.8 Å². The number of ether oxygens (including phenoxy) is 1. The summed E-state index contributed by atoms with van der Waals surface area (Å²) in [5.41, 5.74) is 4.51. The van der Waals surface area contributed by atoms with Gasteiger partial charge in [0.1, 0.15) is 11.4 Å². The fourth-order valence-electron chi connectivity index (χ4n) is 4.05. The first-order chi connectivity index (χ1) is 13.1. The van der Waals surface area contributed by atoms with Gasteiger partial charge in [-0.2, -0.15) is 0 Å². The van der Waals surface area contributed by atoms with Crippen molar-refractivity contribution >= 4 is 11.5 Å². The average molecular weight is 363 g/mol. The lowest BCUT2D eigenvalue weighted by Gasteiger charge is -2.42. The number of carboxylic acid groups (broad SMARTS) is 1. The van der Waals surface area contributed by atoms with Crippen LogP contribution in [-0.4, -0.2) is 41.2 Å². The third-order valence-corrected chi connectivity index (χ3v) is 5.63. The van der Waals surface area contributed by atoms with Gasteiger partial charge in [-0.15, -0.1) is 0 Å². The van der Waals surface area contributed by atoms with E-state index in [4.69, 9.17) is 9.84 Å². The fourth-order valence-corrected chi connectivity index (χ4v) is 4.05. The number of hydrogen-bond acceptors (Lipinski definition) is 3. The van der Waals surface area contributed by atoms with Crippen LogP contribution in [0.5, 0.6) is 5.75 Å². The molecule has 4 heteroatoms. The molecule has 2 aromatic rings. The summed E-state index contributed by atoms with van der Waals surface area (Å²) in [6.45, 7) is 3.72. The van der Waals surface area contributed by atoms with E-state index in [1.165, 1.54) is 16.7 Å². The summed E-state index contributed by atoms with van der Waals surface area (Å²) >= 11 is 0. The lowest BCUT2D eigenvalue weighted by Crippen LogP contribution is -2.49. The normalized spacial score (nSPS) is 18.5. The summed E-state index contributed by atoms with van der Waals surface area (Å²) in [5.74, 6) is 0.148. The molecule has 0 bridgehead atoms. The van der Waals surface area contributed by atoms with Gasteiger partial charge < -0.3 is 9.84 Å². The zero-order chi connectivity index (χ0) is 18.9. The van der Waals surface area contributed by atoms with Crippen molar-refractivity contribution in [1.29, 1.82) is 0 Å². The molecule has 4 rings (SSSR count). The number of aliphatic carboxylic acids is 1. The van der Waals surface area contributed by atoms with Crippen LogP contribution in [0.25, 0.3) is 5.57 Å². The van der Waals surface area contributed by atoms with Crippen molar-refractivity contribution in [2.45, 2.75) is 31.8 Å². The van der Waals surface area contributed by atoms with E-state index >= 15 is 0 Å². The average Bonchev–Trinajstić information content (AvgIpc) is 2.69. The quantitative estimate of drug-likeness (QED) is 0.892. The molecule has 27 heavy (non-hydrogen) atoms. The highest BCUT2D eigenvalue weighted by Gasteiger charge is 2.39. The molecular formula is C23H25NO3. The van der Waals surface area contributed by atoms with Crippen molar-refractivity contribution in [2.24, 2.45) is 0 Å². The van der Waals surface area contributed by atoms with Gasteiger partial charge in [0.05, 0.1) is 6.54 Å². The summed E-state index contributed by atoms with van der Waals surface area (Å²) in [5, 5.41) is 9.05. The molecule has 2 aromatic carbocycles. The minimum atomic E-state index is -0.770. The maximum Gasteiger partial charge on any atom is 0.317 e. The van der Waals surface area contributed by atoms with Gasteiger partial charge in [0, 0.05) is 31.5 Å². The van der Waals surface area contributed by atoms with Crippen molar-refractivity contribution in [2.75, 3.05) is 19.6 Å². The van der Waals surface area contributed by atoms with Crippen LogP contribution >= 0.6 is 0 Å². The highest BCUT2D eigenvalue weighted by atomic mass is 16.5. The molecule has 4 nitrogen and oxygen atoms in total. The Bertz CT molecular complexity index is 861. The molecular weight excluding hydrogens is 338 g/mol. The van der Waals surface area contributed by atoms with Gasteiger partial charge in [0.2, 0.25) is 0 Å². The van der Waals surface area contributed by atoms with Crippen molar-refractivity contribution in [3.05, 3.63) is 71.3 Å². The second-order valence-corrected chi connectivity index (χ2v) is 7.44. The van der Waals surface area contributed by atoms with Crippen LogP contribution in [0.1, 0.15) is 36.5 Å². The maximum atomic E-state index is 11.0. The molecule has 1 fully saturated rings. The highest BCUT2D eigenvalue weighted by molar-refractivity contribution is 5.84. The lowest BCUT2D eigenvalue weighted by molar-refractivity contribution is -0.139. The molecule has 1 saturated heterocycles. The largest absolute Gasteiger partial charge is 0.482 e. The molecule has 1 spiro atoms. The number of hydrogen-bond donors (Lipinski definition) is 1. The first-order valence-corrected chi connectivity index (χ1v) is 9.63. The number of benzene rings is 2. The van der Waals surface area contributed by atoms with E-state index in [-0.39, 0.29) is 12.1 Å². The Hall–Kier alpha value is -2.59. The molecule has 2 heterocycles. The van der Waals surface area contributed by atoms with Gasteiger partial charge in [0.25, 0.3) is 0 Å². The Kier molecular flexibility index (Phi) is 4.75. The summed E-state index contributed by atoms with van der Waals surface area (Å²) in [7, 11) is 0. The predicted molar refractivity (Wildman–Crippen MR) is 106 cm³/mol. The van der Waals surface area contributed by atoms with Crippen LogP contribution in [0.2, 0.25) is 0 Å². The summed E-state index contributed by atoms with van der Waals surface area (Å²) < 4.78 is 6.46. The number of nitrogens with zero attached hydrogens (tertiary/aromatic N) is 1. The van der Waals surface area contributed by atoms with E-state index < -0.39 is 5.97 Å². The minimum absolute atomic E-state index is 0.0989. The number of rotatable bonds is 4. The van der Waals surface area contributed by atoms with Crippen molar-refractivity contribution in [1.82, 2.24) is 4.90 Å². The SMILES string of the molecule is CCc1ccc(C2=CC3(CCN(CC(=O)O)CC3)Oc3ccccc32)cc1. The standard InChI is InChI=1S/C23H25NO3/c1-2-17-7-9-18(10-8-17)20-15-23(27-21-6-4-3-5-19(20)21)11-13-24(14-12-23)16-22(25)26/h3-10,15H,2,11-14,16H2,1H3,(H,25,26). The minimum Gasteiger partial charge on any atom is -0.482 e. The molecule has 2 aliphatic rings. The van der Waals surface area contributed by atoms with Crippen LogP contribution in [0.3, 0.4) is 0 Å². The van der Waals surface area contributed by atoms with Crippen molar-refractivity contribution in [3.63, 3.8) is 0 Å². The molecule has 0 saturated carbocycles. The Morgan fingerprint density at radius 1 is 1.11 bits per heavy atom. The third-order valence-electron chi connectivity index (χ3n) is 5.63. The van der Waals surface area contributed by atoms with E-state index in [9.17, 15) is 4.79 Å². The lowest BCUT2D eigenvalue weighted by atomic mass is 9.83. The van der Waals surface area contributed by atoms with E-state index in [0.29, 0.717) is 0 Å². The molecule has 0 unspecified atom stereocenters. The smallest absolute Gasteiger partial charge is 0.317 e. The maximum absolute atomic E-state index is 11.0. The first kappa shape index (κ1) is 17.8. The number of fused-ring (bicyclic) bond motifs is 1. The van der Waals surface area contributed by atoms with Crippen LogP contribution in [0.15, 0.2) is 54.6 Å². The summed E-state index contributed by atoms with van der Waals surface area (Å²) in [6.07, 6.45) is 4.90. The van der Waals surface area contributed by atoms with Gasteiger partial charge in [-0.3, -0.25) is 9.69 Å². The first-order valence-electron chi connectivity index (χ1n) is 9.63. The number of likely N-dealkylation sites (tertiary alicyclic amines) is 1. The molecule has 0 amide bonds. The second kappa shape index (κ2) is 7.20. The van der Waals surface area contributed by atoms with Gasteiger partial charge in [0.15, 0.2) is 0 Å². The van der Waals surface area contributed by atoms with Gasteiger partial charge >= 0.3 is 5.97 Å². The molecule has 1 N–H and O–H groups in total. The van der Waals surface area contributed by atoms with Crippen LogP contribution < -0.4 is 4.74 Å². The number of carboxylic acids is 1. The molecule has 0 aliphatic carbocycles. The summed E-state index contributed by atoms with van der Waals surface area (Å²) in [6, 6.07) is 17.0. The summed E-state index contributed by atoms with van der Waals surface area (Å²) in [4.78, 5) is 13.0. The Labute approximate surface area is 160 Å². The number of aryl methyl sites for hydroxylation is 1. The van der Waals surface area contributed by atoms with Crippen molar-refractivity contribution in [3.8, 4) is 5.75 Å². The highest BCUT2D eigenvalue weighted by Crippen LogP contribution is 2.43. The molecule has 0 aromatic heterocycles. The van der Waals surface area contributed by atoms with E-state index in [1.54, 1.807) is 0 Å². The predicted octanol–water partition coefficient (Wildman–Crippen LogP) is 3.99. The Balaban J connectivity index is 1.68. The number of carbonyl (C=O) groups is 1. The van der Waals surface area contributed by atoms with E-state index in [1.807, 2.05) is 23.1 Å². The zero-order valence-electron chi connectivity index (χ0n) is 15.6. The molecule has 0 radical (unpaired) electrons. The number of para-hydroxylation sites is 1. The van der Waals surface area contributed by atoms with Crippen LogP contribution in [0.4, 0.5) is 0 Å². The molecule has 140 valence electrons. The van der Waals surface area contributed by atoms with Gasteiger partial charge in [-0.25, -0.2) is 0 Å². The van der Waals surface area contributed by atoms with Gasteiger partial charge in [-0.1, -0.05) is 49.4 Å². The van der Waals surface area contributed by atoms with Gasteiger partial charge in [-0.05, 0) is 35.3 Å². The zero-order valence-corrected chi connectivity index (χ0v) is 15.6. The van der Waals surface area contributed by atoms with Crippen LogP contribution in [0, 0.1) is 0 Å². The number of piperidine rings is 1. The van der Waals surface area contributed by atoms with E-state index in [2.05, 4.69) is 43.3 Å². The van der Waals surface area contributed by atoms with E-state index in [0.717, 1.165) is 43.7 Å². The Morgan fingerprint density at radius 2 is 1.81 bits per heavy atom. The molecule has 2 aliphatic heterocycles. The Morgan fingerprint density at radius 3 is 2.48 bits per heavy atom. The van der Waals surface area contributed by atoms with Crippen LogP contribution in [-0.2, 0) is 11.2 Å². The monoisotopic (exact) mass is 363 g/mol. The van der Waals surface area contributed by atoms with Crippen molar-refractivity contribution < 1.29 is 14.6 Å². The molecule has 0 atom stereocenters.